The number of carbonyl (C=O) groups excluding carboxylic acids is 1. The van der Waals surface area contributed by atoms with Crippen LogP contribution in [-0.4, -0.2) is 16.9 Å². The fourth-order valence-electron chi connectivity index (χ4n) is 3.78. The van der Waals surface area contributed by atoms with Crippen LogP contribution in [0.1, 0.15) is 71.1 Å². The normalized spacial score (nSPS) is 29.6. The number of hydrogen-bond donors (Lipinski definition) is 2. The number of amides is 1. The lowest BCUT2D eigenvalue weighted by Gasteiger charge is -2.37. The van der Waals surface area contributed by atoms with E-state index in [1.165, 1.54) is 25.7 Å². The number of nitrogens with two attached hydrogens (primary N) is 1. The maximum Gasteiger partial charge on any atom is 0.233 e. The minimum Gasteiger partial charge on any atom is -0.392 e. The lowest BCUT2D eigenvalue weighted by Crippen LogP contribution is -2.53. The number of carbonyl (C=O) groups is 1. The van der Waals surface area contributed by atoms with Crippen molar-refractivity contribution < 1.29 is 4.79 Å². The molecule has 2 rings (SSSR count). The third kappa shape index (κ3) is 3.33. The molecule has 0 aromatic rings. The van der Waals surface area contributed by atoms with Crippen molar-refractivity contribution in [2.45, 2.75) is 77.2 Å². The second-order valence-corrected chi connectivity index (χ2v) is 7.05. The molecule has 0 aromatic carbocycles. The van der Waals surface area contributed by atoms with E-state index in [9.17, 15) is 4.79 Å². The second kappa shape index (κ2) is 6.88. The molecule has 0 aliphatic heterocycles. The lowest BCUT2D eigenvalue weighted by molar-refractivity contribution is -0.129. The van der Waals surface area contributed by atoms with Gasteiger partial charge in [-0.15, -0.1) is 0 Å². The molecule has 2 aliphatic rings. The zero-order chi connectivity index (χ0) is 14.6. The summed E-state index contributed by atoms with van der Waals surface area (Å²) in [7, 11) is 0. The first-order valence-electron chi connectivity index (χ1n) is 8.19. The fraction of sp³-hybridized carbons (Fsp3) is 0.875. The smallest absolute Gasteiger partial charge is 0.233 e. The SMILES string of the molecule is CCC1CCC(NC(=O)C2(C(N)=S)CCCCC2)CC1. The van der Waals surface area contributed by atoms with Gasteiger partial charge in [0.2, 0.25) is 5.91 Å². The Hall–Kier alpha value is -0.640. The van der Waals surface area contributed by atoms with Crippen molar-refractivity contribution in [2.24, 2.45) is 17.1 Å². The lowest BCUT2D eigenvalue weighted by atomic mass is 9.72. The molecule has 2 aliphatic carbocycles. The second-order valence-electron chi connectivity index (χ2n) is 6.61. The van der Waals surface area contributed by atoms with Crippen LogP contribution in [0.25, 0.3) is 0 Å². The summed E-state index contributed by atoms with van der Waals surface area (Å²) >= 11 is 5.23. The van der Waals surface area contributed by atoms with Crippen LogP contribution in [0.15, 0.2) is 0 Å². The molecule has 114 valence electrons. The average molecular weight is 296 g/mol. The molecule has 3 nitrogen and oxygen atoms in total. The van der Waals surface area contributed by atoms with E-state index in [1.54, 1.807) is 0 Å². The van der Waals surface area contributed by atoms with E-state index in [-0.39, 0.29) is 5.91 Å². The Morgan fingerprint density at radius 2 is 1.80 bits per heavy atom. The predicted octanol–water partition coefficient (Wildman–Crippen LogP) is 3.31. The Morgan fingerprint density at radius 1 is 1.20 bits per heavy atom. The van der Waals surface area contributed by atoms with E-state index in [4.69, 9.17) is 18.0 Å². The average Bonchev–Trinajstić information content (AvgIpc) is 2.48. The maximum atomic E-state index is 12.7. The maximum absolute atomic E-state index is 12.7. The highest BCUT2D eigenvalue weighted by Gasteiger charge is 2.43. The van der Waals surface area contributed by atoms with E-state index in [0.29, 0.717) is 11.0 Å². The van der Waals surface area contributed by atoms with Gasteiger partial charge in [-0.05, 0) is 44.4 Å². The van der Waals surface area contributed by atoms with E-state index >= 15 is 0 Å². The van der Waals surface area contributed by atoms with Crippen molar-refractivity contribution in [1.82, 2.24) is 5.32 Å². The van der Waals surface area contributed by atoms with Crippen molar-refractivity contribution in [3.05, 3.63) is 0 Å². The fourth-order valence-corrected chi connectivity index (χ4v) is 4.08. The zero-order valence-corrected chi connectivity index (χ0v) is 13.4. The molecule has 4 heteroatoms. The molecule has 0 atom stereocenters. The molecule has 0 aromatic heterocycles. The standard InChI is InChI=1S/C16H28N2OS/c1-2-12-6-8-13(9-7-12)18-15(19)16(14(17)20)10-4-3-5-11-16/h12-13H,2-11H2,1H3,(H2,17,20)(H,18,19). The summed E-state index contributed by atoms with van der Waals surface area (Å²) in [5.41, 5.74) is 5.36. The summed E-state index contributed by atoms with van der Waals surface area (Å²) in [5, 5.41) is 3.25. The van der Waals surface area contributed by atoms with Gasteiger partial charge in [-0.1, -0.05) is 44.8 Å². The molecule has 0 saturated heterocycles. The monoisotopic (exact) mass is 296 g/mol. The Labute approximate surface area is 128 Å². The highest BCUT2D eigenvalue weighted by molar-refractivity contribution is 7.80. The van der Waals surface area contributed by atoms with Gasteiger partial charge in [-0.3, -0.25) is 4.79 Å². The van der Waals surface area contributed by atoms with Gasteiger partial charge in [-0.2, -0.15) is 0 Å². The molecule has 2 saturated carbocycles. The van der Waals surface area contributed by atoms with Crippen molar-refractivity contribution >= 4 is 23.1 Å². The zero-order valence-electron chi connectivity index (χ0n) is 12.6. The molecule has 20 heavy (non-hydrogen) atoms. The number of hydrogen-bond acceptors (Lipinski definition) is 2. The molecule has 1 amide bonds. The first kappa shape index (κ1) is 15.7. The highest BCUT2D eigenvalue weighted by Crippen LogP contribution is 2.37. The molecule has 0 radical (unpaired) electrons. The van der Waals surface area contributed by atoms with Gasteiger partial charge >= 0.3 is 0 Å². The van der Waals surface area contributed by atoms with Gasteiger partial charge < -0.3 is 11.1 Å². The minimum absolute atomic E-state index is 0.102. The van der Waals surface area contributed by atoms with Gasteiger partial charge in [0.05, 0.1) is 10.4 Å². The van der Waals surface area contributed by atoms with E-state index < -0.39 is 5.41 Å². The Balaban J connectivity index is 1.94. The molecule has 0 spiro atoms. The van der Waals surface area contributed by atoms with Crippen LogP contribution in [-0.2, 0) is 4.79 Å². The van der Waals surface area contributed by atoms with Gasteiger partial charge in [0.15, 0.2) is 0 Å². The van der Waals surface area contributed by atoms with Crippen molar-refractivity contribution in [3.8, 4) is 0 Å². The topological polar surface area (TPSA) is 55.1 Å². The van der Waals surface area contributed by atoms with Crippen LogP contribution in [0.4, 0.5) is 0 Å². The van der Waals surface area contributed by atoms with Crippen molar-refractivity contribution in [2.75, 3.05) is 0 Å². The molecular weight excluding hydrogens is 268 g/mol. The van der Waals surface area contributed by atoms with Gasteiger partial charge in [0, 0.05) is 6.04 Å². The molecule has 0 unspecified atom stereocenters. The van der Waals surface area contributed by atoms with Crippen LogP contribution in [0.5, 0.6) is 0 Å². The van der Waals surface area contributed by atoms with Crippen molar-refractivity contribution in [3.63, 3.8) is 0 Å². The van der Waals surface area contributed by atoms with Gasteiger partial charge in [0.25, 0.3) is 0 Å². The third-order valence-electron chi connectivity index (χ3n) is 5.37. The Kier molecular flexibility index (Phi) is 5.42. The highest BCUT2D eigenvalue weighted by atomic mass is 32.1. The molecule has 0 bridgehead atoms. The summed E-state index contributed by atoms with van der Waals surface area (Å²) in [6, 6.07) is 0.332. The van der Waals surface area contributed by atoms with Crippen LogP contribution in [0.3, 0.4) is 0 Å². The number of nitrogens with one attached hydrogen (secondary N) is 1. The van der Waals surface area contributed by atoms with E-state index in [1.807, 2.05) is 0 Å². The molecule has 0 heterocycles. The first-order valence-corrected chi connectivity index (χ1v) is 8.60. The van der Waals surface area contributed by atoms with E-state index in [0.717, 1.165) is 44.4 Å². The Bertz CT molecular complexity index is 355. The number of thiocarbonyl (C=S) groups is 1. The quantitative estimate of drug-likeness (QED) is 0.783. The summed E-state index contributed by atoms with van der Waals surface area (Å²) in [6.45, 7) is 2.26. The largest absolute Gasteiger partial charge is 0.392 e. The summed E-state index contributed by atoms with van der Waals surface area (Å²) < 4.78 is 0. The summed E-state index contributed by atoms with van der Waals surface area (Å²) in [5.74, 6) is 0.951. The van der Waals surface area contributed by atoms with Gasteiger partial charge in [-0.25, -0.2) is 0 Å². The molecule has 2 fully saturated rings. The van der Waals surface area contributed by atoms with Crippen LogP contribution >= 0.6 is 12.2 Å². The van der Waals surface area contributed by atoms with Gasteiger partial charge in [0.1, 0.15) is 0 Å². The summed E-state index contributed by atoms with van der Waals surface area (Å²) in [4.78, 5) is 13.1. The van der Waals surface area contributed by atoms with Crippen LogP contribution < -0.4 is 11.1 Å². The van der Waals surface area contributed by atoms with Crippen molar-refractivity contribution in [1.29, 1.82) is 0 Å². The van der Waals surface area contributed by atoms with E-state index in [2.05, 4.69) is 12.2 Å². The van der Waals surface area contributed by atoms with Crippen LogP contribution in [0, 0.1) is 11.3 Å². The third-order valence-corrected chi connectivity index (χ3v) is 5.76. The Morgan fingerprint density at radius 3 is 2.30 bits per heavy atom. The van der Waals surface area contributed by atoms with Crippen LogP contribution in [0.2, 0.25) is 0 Å². The first-order chi connectivity index (χ1) is 9.58. The molecular formula is C16H28N2OS. The number of rotatable bonds is 4. The molecule has 3 N–H and O–H groups in total. The predicted molar refractivity (Wildman–Crippen MR) is 86.5 cm³/mol. The summed E-state index contributed by atoms with van der Waals surface area (Å²) in [6.07, 6.45) is 10.9. The minimum atomic E-state index is -0.560.